The Kier molecular flexibility index (Phi) is 2.59. The monoisotopic (exact) mass is 246 g/mol. The fraction of sp³-hybridized carbons (Fsp3) is 0.385. The molecule has 1 saturated carbocycles. The third kappa shape index (κ3) is 2.47. The van der Waals surface area contributed by atoms with Crippen molar-refractivity contribution in [2.45, 2.75) is 25.7 Å². The lowest BCUT2D eigenvalue weighted by Crippen LogP contribution is -2.03. The summed E-state index contributed by atoms with van der Waals surface area (Å²) in [7, 11) is 0. The number of carbonyl (C=O) groups excluding carboxylic acids is 1. The van der Waals surface area contributed by atoms with Crippen LogP contribution >= 0.6 is 11.3 Å². The number of benzene rings is 1. The minimum absolute atomic E-state index is 0.351. The summed E-state index contributed by atoms with van der Waals surface area (Å²) in [6.07, 6.45) is 3.76. The number of rotatable bonds is 4. The Morgan fingerprint density at radius 3 is 3.06 bits per heavy atom. The molecule has 2 aromatic rings. The Bertz CT molecular complexity index is 572. The van der Waals surface area contributed by atoms with Crippen LogP contribution in [0.25, 0.3) is 10.2 Å². The van der Waals surface area contributed by atoms with E-state index in [-0.39, 0.29) is 0 Å². The first kappa shape index (κ1) is 10.7. The van der Waals surface area contributed by atoms with Gasteiger partial charge in [-0.25, -0.2) is 4.98 Å². The summed E-state index contributed by atoms with van der Waals surface area (Å²) >= 11 is 1.47. The first-order valence-electron chi connectivity index (χ1n) is 5.87. The van der Waals surface area contributed by atoms with Crippen LogP contribution in [-0.2, 0) is 11.2 Å². The minimum Gasteiger partial charge on any atom is -0.375 e. The molecule has 0 atom stereocenters. The van der Waals surface area contributed by atoms with Crippen LogP contribution in [-0.4, -0.2) is 10.8 Å². The number of fused-ring (bicyclic) bond motifs is 1. The molecule has 0 saturated heterocycles. The Hall–Kier alpha value is -1.42. The van der Waals surface area contributed by atoms with Crippen molar-refractivity contribution in [1.82, 2.24) is 4.98 Å². The standard InChI is InChI=1S/C13H14N2OS/c14-13-15-11-4-3-9(7-12(11)17-13)6-10(16)5-8-1-2-8/h3-4,7-8H,1-2,5-6H2,(H2,14,15). The zero-order valence-electron chi connectivity index (χ0n) is 9.48. The number of carbonyl (C=O) groups is 1. The summed E-state index contributed by atoms with van der Waals surface area (Å²) < 4.78 is 1.07. The van der Waals surface area contributed by atoms with Gasteiger partial charge in [0.1, 0.15) is 5.78 Å². The molecular formula is C13H14N2OS. The van der Waals surface area contributed by atoms with Crippen LogP contribution < -0.4 is 5.73 Å². The molecule has 0 spiro atoms. The highest BCUT2D eigenvalue weighted by Gasteiger charge is 2.24. The third-order valence-corrected chi connectivity index (χ3v) is 3.93. The molecule has 0 amide bonds. The topological polar surface area (TPSA) is 56.0 Å². The molecule has 0 unspecified atom stereocenters. The van der Waals surface area contributed by atoms with Crippen molar-refractivity contribution in [3.63, 3.8) is 0 Å². The number of aromatic nitrogens is 1. The number of anilines is 1. The van der Waals surface area contributed by atoms with Crippen LogP contribution in [0.15, 0.2) is 18.2 Å². The van der Waals surface area contributed by atoms with Crippen LogP contribution in [0.2, 0.25) is 0 Å². The van der Waals surface area contributed by atoms with E-state index in [2.05, 4.69) is 4.98 Å². The quantitative estimate of drug-likeness (QED) is 0.902. The van der Waals surface area contributed by atoms with Gasteiger partial charge < -0.3 is 5.73 Å². The molecule has 1 aliphatic rings. The molecule has 2 N–H and O–H groups in total. The summed E-state index contributed by atoms with van der Waals surface area (Å²) in [4.78, 5) is 16.0. The van der Waals surface area contributed by atoms with Gasteiger partial charge in [0.2, 0.25) is 0 Å². The first-order valence-corrected chi connectivity index (χ1v) is 6.69. The molecule has 0 aliphatic heterocycles. The molecule has 1 aromatic heterocycles. The molecule has 1 aromatic carbocycles. The second kappa shape index (κ2) is 4.11. The fourth-order valence-electron chi connectivity index (χ4n) is 2.04. The number of thiazole rings is 1. The number of nitrogens with zero attached hydrogens (tertiary/aromatic N) is 1. The zero-order valence-corrected chi connectivity index (χ0v) is 10.3. The lowest BCUT2D eigenvalue weighted by atomic mass is 10.1. The fourth-order valence-corrected chi connectivity index (χ4v) is 2.84. The third-order valence-electron chi connectivity index (χ3n) is 3.08. The predicted octanol–water partition coefficient (Wildman–Crippen LogP) is 2.79. The van der Waals surface area contributed by atoms with Crippen LogP contribution in [0.1, 0.15) is 24.8 Å². The summed E-state index contributed by atoms with van der Waals surface area (Å²) in [6.45, 7) is 0. The molecular weight excluding hydrogens is 232 g/mol. The zero-order chi connectivity index (χ0) is 11.8. The van der Waals surface area contributed by atoms with Crippen LogP contribution in [0.3, 0.4) is 0 Å². The van der Waals surface area contributed by atoms with Gasteiger partial charge in [-0.3, -0.25) is 4.79 Å². The molecule has 1 fully saturated rings. The van der Waals surface area contributed by atoms with Crippen molar-refractivity contribution in [3.8, 4) is 0 Å². The van der Waals surface area contributed by atoms with E-state index in [4.69, 9.17) is 5.73 Å². The molecule has 17 heavy (non-hydrogen) atoms. The normalized spacial score (nSPS) is 15.3. The molecule has 0 radical (unpaired) electrons. The van der Waals surface area contributed by atoms with Crippen molar-refractivity contribution >= 4 is 32.5 Å². The van der Waals surface area contributed by atoms with Gasteiger partial charge in [0.15, 0.2) is 5.13 Å². The highest BCUT2D eigenvalue weighted by atomic mass is 32.1. The van der Waals surface area contributed by atoms with E-state index in [1.165, 1.54) is 24.2 Å². The van der Waals surface area contributed by atoms with Crippen LogP contribution in [0.5, 0.6) is 0 Å². The van der Waals surface area contributed by atoms with Gasteiger partial charge in [0, 0.05) is 12.8 Å². The Morgan fingerprint density at radius 1 is 1.47 bits per heavy atom. The number of Topliss-reactive ketones (excluding diaryl/α,β-unsaturated/α-hetero) is 1. The number of hydrogen-bond donors (Lipinski definition) is 1. The Morgan fingerprint density at radius 2 is 2.29 bits per heavy atom. The van der Waals surface area contributed by atoms with Crippen molar-refractivity contribution in [1.29, 1.82) is 0 Å². The smallest absolute Gasteiger partial charge is 0.181 e. The molecule has 3 nitrogen and oxygen atoms in total. The van der Waals surface area contributed by atoms with Gasteiger partial charge in [0.05, 0.1) is 10.2 Å². The maximum atomic E-state index is 11.8. The summed E-state index contributed by atoms with van der Waals surface area (Å²) in [5.41, 5.74) is 7.65. The van der Waals surface area contributed by atoms with E-state index in [1.807, 2.05) is 18.2 Å². The van der Waals surface area contributed by atoms with Crippen molar-refractivity contribution < 1.29 is 4.79 Å². The minimum atomic E-state index is 0.351. The van der Waals surface area contributed by atoms with Crippen LogP contribution in [0, 0.1) is 5.92 Å². The molecule has 4 heteroatoms. The Balaban J connectivity index is 1.77. The second-order valence-corrected chi connectivity index (χ2v) is 5.78. The van der Waals surface area contributed by atoms with Crippen molar-refractivity contribution in [3.05, 3.63) is 23.8 Å². The van der Waals surface area contributed by atoms with E-state index in [9.17, 15) is 4.79 Å². The number of hydrogen-bond acceptors (Lipinski definition) is 4. The van der Waals surface area contributed by atoms with Gasteiger partial charge >= 0.3 is 0 Å². The van der Waals surface area contributed by atoms with Crippen LogP contribution in [0.4, 0.5) is 5.13 Å². The van der Waals surface area contributed by atoms with Gasteiger partial charge in [-0.15, -0.1) is 0 Å². The highest BCUT2D eigenvalue weighted by Crippen LogP contribution is 2.33. The van der Waals surface area contributed by atoms with Gasteiger partial charge in [-0.2, -0.15) is 0 Å². The lowest BCUT2D eigenvalue weighted by Gasteiger charge is -2.00. The summed E-state index contributed by atoms with van der Waals surface area (Å²) in [5.74, 6) is 1.02. The van der Waals surface area contributed by atoms with Gasteiger partial charge in [0.25, 0.3) is 0 Å². The lowest BCUT2D eigenvalue weighted by molar-refractivity contribution is -0.118. The average molecular weight is 246 g/mol. The first-order chi connectivity index (χ1) is 8.20. The summed E-state index contributed by atoms with van der Waals surface area (Å²) in [6, 6.07) is 5.96. The van der Waals surface area contributed by atoms with E-state index >= 15 is 0 Å². The molecule has 88 valence electrons. The molecule has 3 rings (SSSR count). The van der Waals surface area contributed by atoms with E-state index < -0.39 is 0 Å². The predicted molar refractivity (Wildman–Crippen MR) is 70.1 cm³/mol. The van der Waals surface area contributed by atoms with E-state index in [1.54, 1.807) is 0 Å². The summed E-state index contributed by atoms with van der Waals surface area (Å²) in [5, 5.41) is 0.585. The number of nitrogen functional groups attached to an aromatic ring is 1. The highest BCUT2D eigenvalue weighted by molar-refractivity contribution is 7.22. The van der Waals surface area contributed by atoms with Crippen molar-refractivity contribution in [2.75, 3.05) is 5.73 Å². The molecule has 1 aliphatic carbocycles. The van der Waals surface area contributed by atoms with Crippen molar-refractivity contribution in [2.24, 2.45) is 5.92 Å². The second-order valence-electron chi connectivity index (χ2n) is 4.72. The number of nitrogens with two attached hydrogens (primary N) is 1. The van der Waals surface area contributed by atoms with Gasteiger partial charge in [-0.05, 0) is 36.5 Å². The molecule has 0 bridgehead atoms. The SMILES string of the molecule is Nc1nc2ccc(CC(=O)CC3CC3)cc2s1. The van der Waals surface area contributed by atoms with E-state index in [0.29, 0.717) is 23.3 Å². The Labute approximate surface area is 104 Å². The number of ketones is 1. The van der Waals surface area contributed by atoms with E-state index in [0.717, 1.165) is 22.2 Å². The average Bonchev–Trinajstić information content (AvgIpc) is 2.98. The van der Waals surface area contributed by atoms with Gasteiger partial charge in [-0.1, -0.05) is 17.4 Å². The molecule has 1 heterocycles. The maximum absolute atomic E-state index is 11.8. The maximum Gasteiger partial charge on any atom is 0.181 e. The largest absolute Gasteiger partial charge is 0.375 e.